The molecule has 21 heavy (non-hydrogen) atoms. The first-order valence-electron chi connectivity index (χ1n) is 6.11. The van der Waals surface area contributed by atoms with Crippen molar-refractivity contribution in [2.45, 2.75) is 29.3 Å². The Morgan fingerprint density at radius 1 is 1.48 bits per heavy atom. The van der Waals surface area contributed by atoms with E-state index in [0.29, 0.717) is 10.7 Å². The number of carbonyl (C=O) groups excluding carboxylic acids is 2. The predicted molar refractivity (Wildman–Crippen MR) is 70.8 cm³/mol. The maximum Gasteiger partial charge on any atom is 0.390 e. The number of fused-ring (bicyclic) bond motifs is 1. The van der Waals surface area contributed by atoms with Crippen molar-refractivity contribution in [2.75, 3.05) is 11.9 Å². The Labute approximate surface area is 122 Å². The molecule has 1 aromatic heterocycles. The molecule has 9 heteroatoms. The fourth-order valence-corrected chi connectivity index (χ4v) is 2.74. The minimum absolute atomic E-state index is 0.190. The molecule has 0 bridgehead atoms. The zero-order valence-electron chi connectivity index (χ0n) is 10.7. The molecule has 0 saturated heterocycles. The fraction of sp³-hybridized carbons (Fsp3) is 0.417. The average Bonchev–Trinajstić information content (AvgIpc) is 2.38. The number of amides is 2. The molecule has 2 heterocycles. The molecule has 5 nitrogen and oxygen atoms in total. The number of anilines is 1. The number of nitrogens with zero attached hydrogens (tertiary/aromatic N) is 1. The van der Waals surface area contributed by atoms with Gasteiger partial charge in [0.15, 0.2) is 0 Å². The van der Waals surface area contributed by atoms with Crippen LogP contribution < -0.4 is 10.6 Å². The highest BCUT2D eigenvalue weighted by molar-refractivity contribution is 8.00. The lowest BCUT2D eigenvalue weighted by Gasteiger charge is -2.22. The van der Waals surface area contributed by atoms with Gasteiger partial charge in [0.1, 0.15) is 5.03 Å². The van der Waals surface area contributed by atoms with Gasteiger partial charge >= 0.3 is 6.18 Å². The number of nitrogens with one attached hydrogen (secondary N) is 2. The zero-order chi connectivity index (χ0) is 15.5. The van der Waals surface area contributed by atoms with E-state index in [4.69, 9.17) is 0 Å². The van der Waals surface area contributed by atoms with Crippen LogP contribution in [-0.4, -0.2) is 34.8 Å². The van der Waals surface area contributed by atoms with E-state index in [1.807, 2.05) is 0 Å². The number of carbonyl (C=O) groups is 2. The number of alkyl halides is 3. The van der Waals surface area contributed by atoms with Gasteiger partial charge in [-0.25, -0.2) is 4.98 Å². The summed E-state index contributed by atoms with van der Waals surface area (Å²) in [4.78, 5) is 27.4. The number of halogens is 3. The maximum atomic E-state index is 12.0. The van der Waals surface area contributed by atoms with Crippen LogP contribution in [0.1, 0.15) is 12.8 Å². The lowest BCUT2D eigenvalue weighted by Crippen LogP contribution is -2.36. The third-order valence-corrected chi connectivity index (χ3v) is 3.89. The standard InChI is InChI=1S/C12H12F3N3O2S/c13-12(14,15)3-5-16-9(19)6-8-10(20)18-7-2-1-4-17-11(7)21-8/h1-2,4,8H,3,5-6H2,(H,16,19)(H,18,20). The molecule has 1 unspecified atom stereocenters. The normalized spacial score (nSPS) is 17.9. The Balaban J connectivity index is 1.86. The quantitative estimate of drug-likeness (QED) is 0.890. The molecule has 0 spiro atoms. The average molecular weight is 319 g/mol. The van der Waals surface area contributed by atoms with E-state index in [1.54, 1.807) is 18.3 Å². The molecule has 2 N–H and O–H groups in total. The molecule has 0 fully saturated rings. The van der Waals surface area contributed by atoms with Gasteiger partial charge in [-0.05, 0) is 12.1 Å². The lowest BCUT2D eigenvalue weighted by molar-refractivity contribution is -0.136. The molecule has 0 radical (unpaired) electrons. The van der Waals surface area contributed by atoms with Gasteiger partial charge in [0, 0.05) is 19.2 Å². The van der Waals surface area contributed by atoms with Crippen molar-refractivity contribution in [3.63, 3.8) is 0 Å². The van der Waals surface area contributed by atoms with Crippen molar-refractivity contribution in [1.29, 1.82) is 0 Å². The summed E-state index contributed by atoms with van der Waals surface area (Å²) < 4.78 is 35.9. The van der Waals surface area contributed by atoms with Crippen molar-refractivity contribution in [3.05, 3.63) is 18.3 Å². The summed E-state index contributed by atoms with van der Waals surface area (Å²) >= 11 is 1.13. The van der Waals surface area contributed by atoms with Crippen LogP contribution in [-0.2, 0) is 9.59 Å². The van der Waals surface area contributed by atoms with Crippen LogP contribution >= 0.6 is 11.8 Å². The van der Waals surface area contributed by atoms with Gasteiger partial charge < -0.3 is 10.6 Å². The Hall–Kier alpha value is -1.77. The van der Waals surface area contributed by atoms with E-state index in [1.165, 1.54) is 0 Å². The Bertz CT molecular complexity index is 551. The highest BCUT2D eigenvalue weighted by atomic mass is 32.2. The van der Waals surface area contributed by atoms with E-state index >= 15 is 0 Å². The van der Waals surface area contributed by atoms with E-state index in [9.17, 15) is 22.8 Å². The van der Waals surface area contributed by atoms with Crippen LogP contribution in [0.2, 0.25) is 0 Å². The van der Waals surface area contributed by atoms with E-state index in [0.717, 1.165) is 11.8 Å². The summed E-state index contributed by atoms with van der Waals surface area (Å²) in [5.74, 6) is -0.947. The predicted octanol–water partition coefficient (Wildman–Crippen LogP) is 1.95. The monoisotopic (exact) mass is 319 g/mol. The van der Waals surface area contributed by atoms with Crippen molar-refractivity contribution in [1.82, 2.24) is 10.3 Å². The summed E-state index contributed by atoms with van der Waals surface area (Å²) in [6.45, 7) is -0.490. The molecule has 0 aromatic carbocycles. The van der Waals surface area contributed by atoms with E-state index in [2.05, 4.69) is 15.6 Å². The summed E-state index contributed by atoms with van der Waals surface area (Å²) in [5.41, 5.74) is 0.571. The second-order valence-electron chi connectivity index (χ2n) is 4.37. The molecule has 1 aromatic rings. The van der Waals surface area contributed by atoms with Crippen LogP contribution in [0.15, 0.2) is 23.4 Å². The maximum absolute atomic E-state index is 12.0. The smallest absolute Gasteiger partial charge is 0.356 e. The Morgan fingerprint density at radius 2 is 2.24 bits per heavy atom. The third-order valence-electron chi connectivity index (χ3n) is 2.68. The highest BCUT2D eigenvalue weighted by Crippen LogP contribution is 2.34. The molecule has 114 valence electrons. The van der Waals surface area contributed by atoms with Gasteiger partial charge in [-0.2, -0.15) is 13.2 Å². The number of hydrogen-bond acceptors (Lipinski definition) is 4. The Kier molecular flexibility index (Phi) is 4.71. The van der Waals surface area contributed by atoms with E-state index < -0.39 is 30.3 Å². The van der Waals surface area contributed by atoms with Crippen molar-refractivity contribution < 1.29 is 22.8 Å². The largest absolute Gasteiger partial charge is 0.390 e. The van der Waals surface area contributed by atoms with Gasteiger partial charge in [0.05, 0.1) is 17.4 Å². The number of aromatic nitrogens is 1. The molecule has 2 rings (SSSR count). The van der Waals surface area contributed by atoms with Gasteiger partial charge in [-0.1, -0.05) is 11.8 Å². The topological polar surface area (TPSA) is 71.1 Å². The van der Waals surface area contributed by atoms with Crippen LogP contribution in [0.5, 0.6) is 0 Å². The molecule has 1 atom stereocenters. The van der Waals surface area contributed by atoms with Crippen LogP contribution in [0.3, 0.4) is 0 Å². The first-order chi connectivity index (χ1) is 9.85. The van der Waals surface area contributed by atoms with Gasteiger partial charge in [-0.3, -0.25) is 9.59 Å². The summed E-state index contributed by atoms with van der Waals surface area (Å²) in [6, 6.07) is 3.36. The first kappa shape index (κ1) is 15.6. The molecular formula is C12H12F3N3O2S. The lowest BCUT2D eigenvalue weighted by atomic mass is 10.2. The summed E-state index contributed by atoms with van der Waals surface area (Å²) in [7, 11) is 0. The van der Waals surface area contributed by atoms with Crippen LogP contribution in [0, 0.1) is 0 Å². The zero-order valence-corrected chi connectivity index (χ0v) is 11.6. The van der Waals surface area contributed by atoms with Gasteiger partial charge in [-0.15, -0.1) is 0 Å². The molecule has 0 aliphatic carbocycles. The van der Waals surface area contributed by atoms with Crippen molar-refractivity contribution in [3.8, 4) is 0 Å². The number of pyridine rings is 1. The summed E-state index contributed by atoms with van der Waals surface area (Å²) in [5, 5.41) is 4.66. The van der Waals surface area contributed by atoms with Gasteiger partial charge in [0.2, 0.25) is 11.8 Å². The van der Waals surface area contributed by atoms with Crippen molar-refractivity contribution in [2.24, 2.45) is 0 Å². The second-order valence-corrected chi connectivity index (χ2v) is 5.56. The third kappa shape index (κ3) is 4.62. The molecule has 1 aliphatic heterocycles. The van der Waals surface area contributed by atoms with Crippen LogP contribution in [0.25, 0.3) is 0 Å². The van der Waals surface area contributed by atoms with Gasteiger partial charge in [0.25, 0.3) is 0 Å². The SMILES string of the molecule is O=C(CC1Sc2ncccc2NC1=O)NCCC(F)(F)F. The number of hydrogen-bond donors (Lipinski definition) is 2. The molecule has 2 amide bonds. The molecule has 0 saturated carbocycles. The second kappa shape index (κ2) is 6.33. The molecule has 1 aliphatic rings. The van der Waals surface area contributed by atoms with E-state index in [-0.39, 0.29) is 12.3 Å². The molecular weight excluding hydrogens is 307 g/mol. The summed E-state index contributed by atoms with van der Waals surface area (Å²) in [6.07, 6.45) is -4.03. The number of rotatable bonds is 4. The first-order valence-corrected chi connectivity index (χ1v) is 6.99. The number of thioether (sulfide) groups is 1. The van der Waals surface area contributed by atoms with Crippen LogP contribution in [0.4, 0.5) is 18.9 Å². The fourth-order valence-electron chi connectivity index (χ4n) is 1.70. The highest BCUT2D eigenvalue weighted by Gasteiger charge is 2.30. The minimum atomic E-state index is -4.31. The minimum Gasteiger partial charge on any atom is -0.356 e. The Morgan fingerprint density at radius 3 is 2.95 bits per heavy atom. The van der Waals surface area contributed by atoms with Crippen molar-refractivity contribution >= 4 is 29.3 Å².